The first-order chi connectivity index (χ1) is 27.5. The number of esters is 1. The lowest BCUT2D eigenvalue weighted by Crippen LogP contribution is -2.58. The maximum absolute atomic E-state index is 13.5. The Kier molecular flexibility index (Phi) is 18.7. The van der Waals surface area contributed by atoms with Gasteiger partial charge in [0.1, 0.15) is 36.3 Å². The summed E-state index contributed by atoms with van der Waals surface area (Å²) in [6, 6.07) is 11.2. The lowest BCUT2D eigenvalue weighted by Gasteiger charge is -2.38. The minimum absolute atomic E-state index is 0.0161. The smallest absolute Gasteiger partial charge is 0.323 e. The summed E-state index contributed by atoms with van der Waals surface area (Å²) in [6.07, 6.45) is 4.22. The third-order valence-corrected chi connectivity index (χ3v) is 10.0. The van der Waals surface area contributed by atoms with Gasteiger partial charge in [-0.1, -0.05) is 36.8 Å². The molecule has 6 unspecified atom stereocenters. The topological polar surface area (TPSA) is 201 Å². The van der Waals surface area contributed by atoms with E-state index in [1.54, 1.807) is 41.8 Å². The average molecular weight is 810 g/mol. The van der Waals surface area contributed by atoms with Gasteiger partial charge in [-0.3, -0.25) is 28.9 Å². The number of halogens is 1. The number of piperidine rings is 1. The molecular weight excluding hydrogens is 750 g/mol. The summed E-state index contributed by atoms with van der Waals surface area (Å²) in [7, 11) is 1.90. The molecule has 3 fully saturated rings. The molecule has 6 amide bonds. The molecule has 5 N–H and O–H groups in total. The van der Waals surface area contributed by atoms with Crippen LogP contribution in [0.2, 0.25) is 0 Å². The molecule has 16 heteroatoms. The number of aldehydes is 1. The molecule has 15 nitrogen and oxygen atoms in total. The molecule has 58 heavy (non-hydrogen) atoms. The molecular formula is C42H60FN7O8. The number of amides is 6. The van der Waals surface area contributed by atoms with Crippen LogP contribution in [0.3, 0.4) is 0 Å². The van der Waals surface area contributed by atoms with Crippen molar-refractivity contribution < 1.29 is 42.7 Å². The number of benzene rings is 2. The van der Waals surface area contributed by atoms with E-state index < -0.39 is 36.2 Å². The molecule has 3 heterocycles. The zero-order valence-corrected chi connectivity index (χ0v) is 34.5. The number of carbonyl (C=O) groups excluding carboxylic acids is 7. The molecule has 0 radical (unpaired) electrons. The summed E-state index contributed by atoms with van der Waals surface area (Å²) >= 11 is 0. The molecule has 3 aliphatic heterocycles. The van der Waals surface area contributed by atoms with Crippen LogP contribution in [-0.2, 0) is 33.5 Å². The van der Waals surface area contributed by atoms with Crippen LogP contribution >= 0.6 is 0 Å². The number of likely N-dealkylation sites (N-methyl/N-ethyl adjacent to an activating group) is 1. The van der Waals surface area contributed by atoms with Gasteiger partial charge in [0.25, 0.3) is 0 Å². The Balaban J connectivity index is 0.000000318. The van der Waals surface area contributed by atoms with Crippen LogP contribution in [-0.4, -0.2) is 120 Å². The fourth-order valence-electron chi connectivity index (χ4n) is 7.13. The largest absolute Gasteiger partial charge is 0.461 e. The lowest BCUT2D eigenvalue weighted by molar-refractivity contribution is -0.156. The van der Waals surface area contributed by atoms with E-state index in [9.17, 15) is 38.0 Å². The van der Waals surface area contributed by atoms with Crippen molar-refractivity contribution in [2.45, 2.75) is 110 Å². The Morgan fingerprint density at radius 1 is 0.914 bits per heavy atom. The lowest BCUT2D eigenvalue weighted by atomic mass is 9.99. The van der Waals surface area contributed by atoms with E-state index in [-0.39, 0.29) is 48.5 Å². The van der Waals surface area contributed by atoms with Crippen molar-refractivity contribution in [1.29, 1.82) is 0 Å². The summed E-state index contributed by atoms with van der Waals surface area (Å²) in [5.41, 5.74) is 7.61. The molecule has 3 saturated heterocycles. The SMILES string of the molecule is CC1CC(C(=O)OC(C)CC(=O)N2CCCC2C(=O)N2CCCCC2C(=O)NC(C)C=O)N(C)C1.Cc1ccc(NC(=O)NCC(N)=O)cc1.Cc1cccc(F)c1. The summed E-state index contributed by atoms with van der Waals surface area (Å²) in [5, 5.41) is 7.54. The fourth-order valence-corrected chi connectivity index (χ4v) is 7.13. The molecule has 0 saturated carbocycles. The Hall–Kier alpha value is -5.38. The monoisotopic (exact) mass is 809 g/mol. The number of urea groups is 1. The number of hydrogen-bond donors (Lipinski definition) is 4. The molecule has 0 bridgehead atoms. The van der Waals surface area contributed by atoms with E-state index in [1.807, 2.05) is 44.0 Å². The second kappa shape index (κ2) is 23.1. The highest BCUT2D eigenvalue weighted by Gasteiger charge is 2.42. The third kappa shape index (κ3) is 15.2. The summed E-state index contributed by atoms with van der Waals surface area (Å²) in [6.45, 7) is 10.8. The quantitative estimate of drug-likeness (QED) is 0.194. The van der Waals surface area contributed by atoms with E-state index in [0.717, 1.165) is 36.9 Å². The number of nitrogens with one attached hydrogen (secondary N) is 3. The first kappa shape index (κ1) is 47.0. The highest BCUT2D eigenvalue weighted by Crippen LogP contribution is 2.27. The van der Waals surface area contributed by atoms with Crippen LogP contribution in [0.1, 0.15) is 76.8 Å². The zero-order valence-electron chi connectivity index (χ0n) is 34.5. The number of ether oxygens (including phenoxy) is 1. The van der Waals surface area contributed by atoms with Gasteiger partial charge in [0.2, 0.25) is 23.6 Å². The Labute approximate surface area is 340 Å². The first-order valence-electron chi connectivity index (χ1n) is 19.9. The molecule has 5 rings (SSSR count). The second-order valence-corrected chi connectivity index (χ2v) is 15.4. The van der Waals surface area contributed by atoms with Crippen LogP contribution < -0.4 is 21.7 Å². The molecule has 2 aromatic carbocycles. The molecule has 0 aromatic heterocycles. The van der Waals surface area contributed by atoms with Crippen molar-refractivity contribution in [1.82, 2.24) is 25.3 Å². The van der Waals surface area contributed by atoms with Gasteiger partial charge in [-0.05, 0) is 109 Å². The summed E-state index contributed by atoms with van der Waals surface area (Å²) < 4.78 is 17.8. The van der Waals surface area contributed by atoms with E-state index in [1.165, 1.54) is 12.1 Å². The van der Waals surface area contributed by atoms with Crippen molar-refractivity contribution >= 4 is 47.6 Å². The zero-order chi connectivity index (χ0) is 42.9. The van der Waals surface area contributed by atoms with E-state index in [0.29, 0.717) is 50.2 Å². The molecule has 318 valence electrons. The van der Waals surface area contributed by atoms with Crippen molar-refractivity contribution in [2.75, 3.05) is 38.5 Å². The standard InChI is InChI=1S/C25H40N4O6.C10H13N3O2.C7H7F/c1-16-12-21(27(4)14-16)25(34)35-18(3)13-22(31)28-11-7-9-20(28)24(33)29-10-6-5-8-19(29)23(32)26-17(2)15-30;1-7-2-4-8(5-3-7)13-10(15)12-6-9(11)14;1-6-3-2-4-7(8)5-6/h15-21H,5-14H2,1-4H3,(H,26,32);2-5H,6H2,1H3,(H2,11,14)(H2,12,13,15);2-5H,1H3. The predicted molar refractivity (Wildman–Crippen MR) is 217 cm³/mol. The number of aryl methyl sites for hydroxylation is 2. The van der Waals surface area contributed by atoms with E-state index in [4.69, 9.17) is 10.5 Å². The molecule has 2 aromatic rings. The number of rotatable bonds is 11. The summed E-state index contributed by atoms with van der Waals surface area (Å²) in [5.74, 6) is -1.40. The first-order valence-corrected chi connectivity index (χ1v) is 19.9. The van der Waals surface area contributed by atoms with Crippen molar-refractivity contribution in [3.8, 4) is 0 Å². The molecule has 6 atom stereocenters. The normalized spacial score (nSPS) is 21.2. The Morgan fingerprint density at radius 3 is 2.17 bits per heavy atom. The maximum atomic E-state index is 13.5. The van der Waals surface area contributed by atoms with Crippen LogP contribution in [0.25, 0.3) is 0 Å². The van der Waals surface area contributed by atoms with Gasteiger partial charge in [0.05, 0.1) is 19.0 Å². The van der Waals surface area contributed by atoms with Gasteiger partial charge in [0.15, 0.2) is 0 Å². The maximum Gasteiger partial charge on any atom is 0.323 e. The predicted octanol–water partition coefficient (Wildman–Crippen LogP) is 3.46. The molecule has 0 aliphatic carbocycles. The third-order valence-electron chi connectivity index (χ3n) is 10.0. The van der Waals surface area contributed by atoms with Gasteiger partial charge < -0.3 is 41.0 Å². The number of nitrogens with zero attached hydrogens (tertiary/aromatic N) is 3. The van der Waals surface area contributed by atoms with Gasteiger partial charge in [-0.25, -0.2) is 9.18 Å². The number of carbonyl (C=O) groups is 7. The van der Waals surface area contributed by atoms with Gasteiger partial charge in [0, 0.05) is 25.3 Å². The Bertz CT molecular complexity index is 1710. The van der Waals surface area contributed by atoms with Gasteiger partial charge >= 0.3 is 12.0 Å². The average Bonchev–Trinajstić information content (AvgIpc) is 3.81. The van der Waals surface area contributed by atoms with Gasteiger partial charge in [-0.15, -0.1) is 0 Å². The van der Waals surface area contributed by atoms with E-state index in [2.05, 4.69) is 22.9 Å². The van der Waals surface area contributed by atoms with Crippen LogP contribution in [0.4, 0.5) is 14.9 Å². The molecule has 3 aliphatic rings. The highest BCUT2D eigenvalue weighted by atomic mass is 19.1. The number of primary amides is 1. The van der Waals surface area contributed by atoms with Crippen LogP contribution in [0, 0.1) is 25.6 Å². The van der Waals surface area contributed by atoms with Crippen molar-refractivity contribution in [3.05, 3.63) is 65.5 Å². The summed E-state index contributed by atoms with van der Waals surface area (Å²) in [4.78, 5) is 89.5. The van der Waals surface area contributed by atoms with Crippen molar-refractivity contribution in [3.63, 3.8) is 0 Å². The van der Waals surface area contributed by atoms with Crippen LogP contribution in [0.5, 0.6) is 0 Å². The Morgan fingerprint density at radius 2 is 1.59 bits per heavy atom. The number of hydrogen-bond acceptors (Lipinski definition) is 9. The highest BCUT2D eigenvalue weighted by molar-refractivity contribution is 5.94. The molecule has 0 spiro atoms. The van der Waals surface area contributed by atoms with Crippen LogP contribution in [0.15, 0.2) is 48.5 Å². The van der Waals surface area contributed by atoms with Crippen molar-refractivity contribution in [2.24, 2.45) is 11.7 Å². The minimum Gasteiger partial charge on any atom is -0.461 e. The van der Waals surface area contributed by atoms with Gasteiger partial charge in [-0.2, -0.15) is 0 Å². The second-order valence-electron chi connectivity index (χ2n) is 15.4. The fraction of sp³-hybridized carbons (Fsp3) is 0.548. The number of likely N-dealkylation sites (tertiary alicyclic amines) is 3. The number of anilines is 1. The number of nitrogens with two attached hydrogens (primary N) is 1. The minimum atomic E-state index is -0.637. The van der Waals surface area contributed by atoms with E-state index >= 15 is 0 Å².